The van der Waals surface area contributed by atoms with Crippen LogP contribution >= 0.6 is 0 Å². The molecule has 4 N–H and O–H groups in total. The normalized spacial score (nSPS) is 35.9. The van der Waals surface area contributed by atoms with Gasteiger partial charge in [-0.05, 0) is 0 Å². The third-order valence-corrected chi connectivity index (χ3v) is 4.73. The third kappa shape index (κ3) is 9.38. The van der Waals surface area contributed by atoms with Crippen LogP contribution in [-0.2, 0) is 38.4 Å². The first-order chi connectivity index (χ1) is 13.4. The van der Waals surface area contributed by atoms with E-state index in [2.05, 4.69) is 9.50 Å². The van der Waals surface area contributed by atoms with E-state index in [4.69, 9.17) is 14.2 Å². The topological polar surface area (TPSA) is 224 Å². The Bertz CT molecular complexity index is 710. The molecule has 0 aromatic heterocycles. The first-order valence-corrected chi connectivity index (χ1v) is 9.77. The predicted octanol–water partition coefficient (Wildman–Crippen LogP) is -11.3. The average Bonchev–Trinajstić information content (AvgIpc) is 2.59. The summed E-state index contributed by atoms with van der Waals surface area (Å²) in [5.41, 5.74) is 0. The van der Waals surface area contributed by atoms with Crippen molar-refractivity contribution in [2.75, 3.05) is 13.2 Å². The molecule has 0 bridgehead atoms. The Hall–Kier alpha value is 0.570. The zero-order valence-electron chi connectivity index (χ0n) is 17.1. The standard InChI is InChI=1S/C14H23NO13S.2Na/c1-5(16)15-9-7(17)2-6(3-26-29(22,23)24)27-14(9)28-11-10(19)8(18)4-25-12(11)13(20)21;;/h6-12,14,17-19H,2-4H2,1H3,(H,15,16)(H,20,21)(H,22,23,24);;/q;2*+1/p-2/t6?,7-,8?,9?,10+,11+,12?,14-;;/m0../s1. The molecule has 1 amide bonds. The largest absolute Gasteiger partial charge is 1.00 e. The van der Waals surface area contributed by atoms with E-state index in [1.165, 1.54) is 0 Å². The molecule has 0 aliphatic carbocycles. The van der Waals surface area contributed by atoms with Crippen molar-refractivity contribution in [2.45, 2.75) is 62.3 Å². The number of carboxylic acids is 1. The van der Waals surface area contributed by atoms with Crippen molar-refractivity contribution in [3.63, 3.8) is 0 Å². The van der Waals surface area contributed by atoms with Crippen molar-refractivity contribution in [1.29, 1.82) is 0 Å². The van der Waals surface area contributed by atoms with E-state index in [0.29, 0.717) is 0 Å². The number of aliphatic hydroxyl groups excluding tert-OH is 3. The van der Waals surface area contributed by atoms with Gasteiger partial charge in [-0.15, -0.1) is 0 Å². The van der Waals surface area contributed by atoms with Crippen molar-refractivity contribution in [3.05, 3.63) is 0 Å². The van der Waals surface area contributed by atoms with Crippen LogP contribution < -0.4 is 69.5 Å². The van der Waals surface area contributed by atoms with Crippen LogP contribution in [0, 0.1) is 0 Å². The maximum Gasteiger partial charge on any atom is 1.00 e. The number of carbonyl (C=O) groups excluding carboxylic acids is 2. The van der Waals surface area contributed by atoms with E-state index in [9.17, 15) is 43.0 Å². The summed E-state index contributed by atoms with van der Waals surface area (Å²) in [6.45, 7) is -0.179. The summed E-state index contributed by atoms with van der Waals surface area (Å²) in [5, 5.41) is 43.7. The van der Waals surface area contributed by atoms with Crippen LogP contribution in [0.1, 0.15) is 13.3 Å². The molecule has 2 aliphatic rings. The third-order valence-electron chi connectivity index (χ3n) is 4.31. The first kappa shape index (κ1) is 31.6. The second-order valence-corrected chi connectivity index (χ2v) is 7.63. The number of carboxylic acid groups (broad SMARTS) is 1. The monoisotopic (exact) mass is 489 g/mol. The Morgan fingerprint density at radius 2 is 1.81 bits per heavy atom. The number of amides is 1. The minimum absolute atomic E-state index is 0. The molecule has 2 aliphatic heterocycles. The van der Waals surface area contributed by atoms with Gasteiger partial charge in [0.2, 0.25) is 16.3 Å². The van der Waals surface area contributed by atoms with Gasteiger partial charge in [-0.25, -0.2) is 8.42 Å². The van der Waals surface area contributed by atoms with Crippen molar-refractivity contribution in [2.24, 2.45) is 0 Å². The number of rotatable bonds is 7. The van der Waals surface area contributed by atoms with Crippen LogP contribution in [0.3, 0.4) is 0 Å². The Labute approximate surface area is 222 Å². The smallest absolute Gasteiger partial charge is 0.726 e. The Morgan fingerprint density at radius 3 is 2.32 bits per heavy atom. The SMILES string of the molecule is CC(=O)NC1[C@H](O[C@H]2C(C(=O)[O-])OCC(O)[C@H]2O)OC(COS(=O)(=O)[O-])C[C@@H]1O.[Na+].[Na+]. The van der Waals surface area contributed by atoms with Crippen LogP contribution in [0.5, 0.6) is 0 Å². The van der Waals surface area contributed by atoms with Crippen LogP contribution in [0.25, 0.3) is 0 Å². The predicted molar refractivity (Wildman–Crippen MR) is 84.2 cm³/mol. The van der Waals surface area contributed by atoms with Crippen LogP contribution in [0.2, 0.25) is 0 Å². The summed E-state index contributed by atoms with van der Waals surface area (Å²) in [6, 6.07) is -1.26. The maximum absolute atomic E-state index is 11.4. The van der Waals surface area contributed by atoms with E-state index in [0.717, 1.165) is 6.92 Å². The van der Waals surface area contributed by atoms with Gasteiger partial charge in [-0.2, -0.15) is 0 Å². The molecule has 14 nitrogen and oxygen atoms in total. The molecular formula is C14H21NNa2O13S. The van der Waals surface area contributed by atoms with Crippen molar-refractivity contribution < 1.29 is 120 Å². The van der Waals surface area contributed by atoms with Gasteiger partial charge in [-0.3, -0.25) is 8.98 Å². The molecule has 2 fully saturated rings. The quantitative estimate of drug-likeness (QED) is 0.148. The van der Waals surface area contributed by atoms with Crippen LogP contribution in [-0.4, -0.2) is 102 Å². The molecule has 2 saturated heterocycles. The second-order valence-electron chi connectivity index (χ2n) is 6.58. The molecule has 4 unspecified atom stereocenters. The molecular weight excluding hydrogens is 468 g/mol. The van der Waals surface area contributed by atoms with E-state index < -0.39 is 84.4 Å². The fraction of sp³-hybridized carbons (Fsp3) is 0.857. The van der Waals surface area contributed by atoms with Crippen LogP contribution in [0.4, 0.5) is 0 Å². The van der Waals surface area contributed by atoms with Gasteiger partial charge in [0.05, 0.1) is 31.4 Å². The van der Waals surface area contributed by atoms with Crippen molar-refractivity contribution >= 4 is 22.3 Å². The van der Waals surface area contributed by atoms with E-state index in [1.807, 2.05) is 0 Å². The molecule has 31 heavy (non-hydrogen) atoms. The van der Waals surface area contributed by atoms with E-state index in [-0.39, 0.29) is 65.5 Å². The number of hydrogen-bond acceptors (Lipinski definition) is 13. The average molecular weight is 489 g/mol. The van der Waals surface area contributed by atoms with Gasteiger partial charge < -0.3 is 49.3 Å². The molecule has 0 radical (unpaired) electrons. The number of hydrogen-bond donors (Lipinski definition) is 4. The molecule has 17 heteroatoms. The number of aliphatic carboxylic acids is 1. The zero-order valence-corrected chi connectivity index (χ0v) is 21.9. The summed E-state index contributed by atoms with van der Waals surface area (Å²) >= 11 is 0. The summed E-state index contributed by atoms with van der Waals surface area (Å²) in [6.07, 6.45) is -11.3. The first-order valence-electron chi connectivity index (χ1n) is 8.44. The number of ether oxygens (including phenoxy) is 3. The molecule has 0 aromatic carbocycles. The van der Waals surface area contributed by atoms with Gasteiger partial charge in [0.15, 0.2) is 6.29 Å². The second kappa shape index (κ2) is 13.5. The van der Waals surface area contributed by atoms with E-state index in [1.54, 1.807) is 0 Å². The van der Waals surface area contributed by atoms with Gasteiger partial charge in [0.25, 0.3) is 0 Å². The minimum Gasteiger partial charge on any atom is -0.726 e. The molecule has 2 heterocycles. The van der Waals surface area contributed by atoms with Crippen molar-refractivity contribution in [3.8, 4) is 0 Å². The fourth-order valence-corrected chi connectivity index (χ4v) is 3.33. The minimum atomic E-state index is -5.06. The van der Waals surface area contributed by atoms with Gasteiger partial charge in [0.1, 0.15) is 30.5 Å². The number of carbonyl (C=O) groups is 2. The fourth-order valence-electron chi connectivity index (χ4n) is 3.01. The summed E-state index contributed by atoms with van der Waals surface area (Å²) in [5.74, 6) is -2.37. The molecule has 8 atom stereocenters. The number of nitrogens with one attached hydrogen (secondary N) is 1. The molecule has 168 valence electrons. The van der Waals surface area contributed by atoms with Gasteiger partial charge in [-0.1, -0.05) is 0 Å². The molecule has 2 rings (SSSR count). The Morgan fingerprint density at radius 1 is 1.19 bits per heavy atom. The molecule has 0 saturated carbocycles. The molecule has 0 spiro atoms. The van der Waals surface area contributed by atoms with Gasteiger partial charge in [0, 0.05) is 13.3 Å². The summed E-state index contributed by atoms with van der Waals surface area (Å²) < 4.78 is 51.7. The molecule has 0 aromatic rings. The Balaban J connectivity index is 0.00000450. The zero-order chi connectivity index (χ0) is 21.9. The van der Waals surface area contributed by atoms with Gasteiger partial charge >= 0.3 is 59.1 Å². The van der Waals surface area contributed by atoms with Crippen LogP contribution in [0.15, 0.2) is 0 Å². The van der Waals surface area contributed by atoms with E-state index >= 15 is 0 Å². The maximum atomic E-state index is 11.4. The summed E-state index contributed by atoms with van der Waals surface area (Å²) in [4.78, 5) is 22.7. The Kier molecular flexibility index (Phi) is 13.7. The number of aliphatic hydroxyl groups is 3. The summed E-state index contributed by atoms with van der Waals surface area (Å²) in [7, 11) is -5.06. The van der Waals surface area contributed by atoms with Crippen molar-refractivity contribution in [1.82, 2.24) is 5.32 Å².